The van der Waals surface area contributed by atoms with Crippen molar-refractivity contribution >= 4 is 29.4 Å². The van der Waals surface area contributed by atoms with Crippen molar-refractivity contribution in [2.75, 3.05) is 12.4 Å². The summed E-state index contributed by atoms with van der Waals surface area (Å²) in [7, 11) is 1.63. The molecule has 4 heteroatoms. The van der Waals surface area contributed by atoms with E-state index in [-0.39, 0.29) is 5.91 Å². The van der Waals surface area contributed by atoms with E-state index in [1.54, 1.807) is 7.11 Å². The summed E-state index contributed by atoms with van der Waals surface area (Å²) < 4.78 is 5.19. The number of ether oxygens (including phenoxy) is 1. The molecule has 0 aromatic heterocycles. The van der Waals surface area contributed by atoms with Gasteiger partial charge in [0.1, 0.15) is 5.75 Å². The SMILES string of the molecule is COc1cccc(C=C2Sc3ccccc3NC2=O)c1. The summed E-state index contributed by atoms with van der Waals surface area (Å²) in [4.78, 5) is 13.8. The normalized spacial score (nSPS) is 15.7. The van der Waals surface area contributed by atoms with Gasteiger partial charge in [0.15, 0.2) is 0 Å². The smallest absolute Gasteiger partial charge is 0.262 e. The standard InChI is InChI=1S/C16H13NO2S/c1-19-12-6-4-5-11(9-12)10-15-16(18)17-13-7-2-3-8-14(13)20-15/h2-10H,1H3,(H,17,18). The number of anilines is 1. The molecule has 1 aliphatic heterocycles. The largest absolute Gasteiger partial charge is 0.497 e. The lowest BCUT2D eigenvalue weighted by atomic mass is 10.2. The topological polar surface area (TPSA) is 38.3 Å². The van der Waals surface area contributed by atoms with Crippen molar-refractivity contribution in [3.63, 3.8) is 0 Å². The van der Waals surface area contributed by atoms with E-state index in [4.69, 9.17) is 4.74 Å². The first kappa shape index (κ1) is 12.8. The molecule has 0 saturated carbocycles. The van der Waals surface area contributed by atoms with E-state index in [2.05, 4.69) is 5.32 Å². The fourth-order valence-electron chi connectivity index (χ4n) is 1.99. The highest BCUT2D eigenvalue weighted by atomic mass is 32.2. The Bertz CT molecular complexity index is 694. The van der Waals surface area contributed by atoms with Crippen molar-refractivity contribution in [3.8, 4) is 5.75 Å². The van der Waals surface area contributed by atoms with E-state index in [0.29, 0.717) is 4.91 Å². The summed E-state index contributed by atoms with van der Waals surface area (Å²) in [6.45, 7) is 0. The lowest BCUT2D eigenvalue weighted by Crippen LogP contribution is -2.17. The lowest BCUT2D eigenvalue weighted by molar-refractivity contribution is -0.112. The van der Waals surface area contributed by atoms with Crippen molar-refractivity contribution < 1.29 is 9.53 Å². The number of hydrogen-bond donors (Lipinski definition) is 1. The number of para-hydroxylation sites is 1. The first-order chi connectivity index (χ1) is 9.76. The predicted molar refractivity (Wildman–Crippen MR) is 81.9 cm³/mol. The molecule has 0 unspecified atom stereocenters. The number of fused-ring (bicyclic) bond motifs is 1. The first-order valence-corrected chi connectivity index (χ1v) is 7.02. The Morgan fingerprint density at radius 1 is 1.15 bits per heavy atom. The molecule has 3 rings (SSSR count). The molecule has 1 N–H and O–H groups in total. The summed E-state index contributed by atoms with van der Waals surface area (Å²) in [5.74, 6) is 0.706. The highest BCUT2D eigenvalue weighted by molar-refractivity contribution is 8.04. The second-order valence-electron chi connectivity index (χ2n) is 4.34. The van der Waals surface area contributed by atoms with E-state index < -0.39 is 0 Å². The minimum absolute atomic E-state index is 0.0727. The number of carbonyl (C=O) groups is 1. The van der Waals surface area contributed by atoms with Crippen LogP contribution in [-0.4, -0.2) is 13.0 Å². The summed E-state index contributed by atoms with van der Waals surface area (Å²) in [6, 6.07) is 15.4. The van der Waals surface area contributed by atoms with Crippen molar-refractivity contribution in [1.29, 1.82) is 0 Å². The van der Waals surface area contributed by atoms with Gasteiger partial charge in [0, 0.05) is 4.90 Å². The van der Waals surface area contributed by atoms with Gasteiger partial charge in [-0.15, -0.1) is 0 Å². The molecule has 0 radical (unpaired) electrons. The summed E-state index contributed by atoms with van der Waals surface area (Å²) in [6.07, 6.45) is 1.87. The summed E-state index contributed by atoms with van der Waals surface area (Å²) in [5, 5.41) is 2.90. The molecule has 0 bridgehead atoms. The molecule has 0 aliphatic carbocycles. The zero-order valence-corrected chi connectivity index (χ0v) is 11.7. The summed E-state index contributed by atoms with van der Waals surface area (Å²) >= 11 is 1.48. The van der Waals surface area contributed by atoms with Gasteiger partial charge in [-0.3, -0.25) is 4.79 Å². The Hall–Kier alpha value is -2.20. The number of amides is 1. The second-order valence-corrected chi connectivity index (χ2v) is 5.42. The highest BCUT2D eigenvalue weighted by Gasteiger charge is 2.20. The Morgan fingerprint density at radius 3 is 2.85 bits per heavy atom. The fourth-order valence-corrected chi connectivity index (χ4v) is 2.94. The second kappa shape index (κ2) is 5.43. The zero-order valence-electron chi connectivity index (χ0n) is 10.9. The maximum Gasteiger partial charge on any atom is 0.262 e. The molecular formula is C16H13NO2S. The van der Waals surface area contributed by atoms with E-state index in [1.807, 2.05) is 54.6 Å². The van der Waals surface area contributed by atoms with Crippen LogP contribution in [0.2, 0.25) is 0 Å². The maximum atomic E-state index is 12.1. The van der Waals surface area contributed by atoms with Gasteiger partial charge in [-0.05, 0) is 35.9 Å². The average Bonchev–Trinajstić information content (AvgIpc) is 2.48. The molecule has 2 aromatic carbocycles. The Labute approximate surface area is 121 Å². The van der Waals surface area contributed by atoms with Crippen molar-refractivity contribution in [2.24, 2.45) is 0 Å². The number of benzene rings is 2. The third kappa shape index (κ3) is 2.56. The molecule has 0 saturated heterocycles. The molecule has 0 spiro atoms. The van der Waals surface area contributed by atoms with Crippen molar-refractivity contribution in [3.05, 3.63) is 59.0 Å². The Morgan fingerprint density at radius 2 is 2.00 bits per heavy atom. The van der Waals surface area contributed by atoms with Gasteiger partial charge in [-0.1, -0.05) is 36.0 Å². The van der Waals surface area contributed by atoms with Gasteiger partial charge in [-0.25, -0.2) is 0 Å². The lowest BCUT2D eigenvalue weighted by Gasteiger charge is -2.18. The van der Waals surface area contributed by atoms with Gasteiger partial charge in [-0.2, -0.15) is 0 Å². The number of methoxy groups -OCH3 is 1. The maximum absolute atomic E-state index is 12.1. The van der Waals surface area contributed by atoms with Crippen LogP contribution in [0.25, 0.3) is 6.08 Å². The third-order valence-corrected chi connectivity index (χ3v) is 4.07. The molecule has 2 aromatic rings. The number of thioether (sulfide) groups is 1. The van der Waals surface area contributed by atoms with Gasteiger partial charge in [0.25, 0.3) is 5.91 Å². The van der Waals surface area contributed by atoms with Crippen LogP contribution in [0.3, 0.4) is 0 Å². The molecule has 1 amide bonds. The zero-order chi connectivity index (χ0) is 13.9. The first-order valence-electron chi connectivity index (χ1n) is 6.20. The summed E-state index contributed by atoms with van der Waals surface area (Å²) in [5.41, 5.74) is 1.81. The van der Waals surface area contributed by atoms with E-state index in [9.17, 15) is 4.79 Å². The van der Waals surface area contributed by atoms with Crippen LogP contribution >= 0.6 is 11.8 Å². The molecular weight excluding hydrogens is 270 g/mol. The minimum Gasteiger partial charge on any atom is -0.497 e. The molecule has 100 valence electrons. The van der Waals surface area contributed by atoms with E-state index >= 15 is 0 Å². The van der Waals surface area contributed by atoms with Crippen LogP contribution in [0.15, 0.2) is 58.3 Å². The van der Waals surface area contributed by atoms with Gasteiger partial charge >= 0.3 is 0 Å². The molecule has 20 heavy (non-hydrogen) atoms. The third-order valence-electron chi connectivity index (χ3n) is 2.97. The number of nitrogens with one attached hydrogen (secondary N) is 1. The molecule has 1 aliphatic rings. The van der Waals surface area contributed by atoms with Crippen molar-refractivity contribution in [2.45, 2.75) is 4.90 Å². The monoisotopic (exact) mass is 283 g/mol. The van der Waals surface area contributed by atoms with Crippen LogP contribution in [0.1, 0.15) is 5.56 Å². The van der Waals surface area contributed by atoms with Gasteiger partial charge in [0.2, 0.25) is 0 Å². The number of hydrogen-bond acceptors (Lipinski definition) is 3. The predicted octanol–water partition coefficient (Wildman–Crippen LogP) is 3.78. The van der Waals surface area contributed by atoms with Crippen LogP contribution in [0.5, 0.6) is 5.75 Å². The number of carbonyl (C=O) groups excluding carboxylic acids is 1. The van der Waals surface area contributed by atoms with Crippen LogP contribution in [0, 0.1) is 0 Å². The van der Waals surface area contributed by atoms with Gasteiger partial charge in [0.05, 0.1) is 17.7 Å². The van der Waals surface area contributed by atoms with E-state index in [0.717, 1.165) is 21.9 Å². The Kier molecular flexibility index (Phi) is 3.48. The van der Waals surface area contributed by atoms with E-state index in [1.165, 1.54) is 11.8 Å². The minimum atomic E-state index is -0.0727. The highest BCUT2D eigenvalue weighted by Crippen LogP contribution is 2.38. The Balaban J connectivity index is 1.94. The van der Waals surface area contributed by atoms with Crippen LogP contribution < -0.4 is 10.1 Å². The fraction of sp³-hybridized carbons (Fsp3) is 0.0625. The number of rotatable bonds is 2. The van der Waals surface area contributed by atoms with Crippen LogP contribution in [-0.2, 0) is 4.79 Å². The van der Waals surface area contributed by atoms with Crippen molar-refractivity contribution in [1.82, 2.24) is 0 Å². The molecule has 0 atom stereocenters. The molecule has 3 nitrogen and oxygen atoms in total. The average molecular weight is 283 g/mol. The quantitative estimate of drug-likeness (QED) is 0.852. The molecule has 1 heterocycles. The van der Waals surface area contributed by atoms with Gasteiger partial charge < -0.3 is 10.1 Å². The molecule has 0 fully saturated rings. The van der Waals surface area contributed by atoms with Crippen LogP contribution in [0.4, 0.5) is 5.69 Å².